The quantitative estimate of drug-likeness (QED) is 0.366. The number of amides is 2. The monoisotopic (exact) mass is 461 g/mol. The van der Waals surface area contributed by atoms with Gasteiger partial charge in [0.15, 0.2) is 0 Å². The lowest BCUT2D eigenvalue weighted by Crippen LogP contribution is -2.31. The van der Waals surface area contributed by atoms with Gasteiger partial charge in [-0.1, -0.05) is 0 Å². The van der Waals surface area contributed by atoms with Gasteiger partial charge in [0.1, 0.15) is 11.6 Å². The average Bonchev–Trinajstić information content (AvgIpc) is 2.82. The Bertz CT molecular complexity index is 1290. The standard InChI is InChI=1S/C26H25F2N5O/c1-33(2)15-3-14-29-26(34)30-21-12-13-22-23(16-21)32-25(18-6-10-20(28)11-7-18)24(31-22)17-4-8-19(27)9-5-17/h4-13,16H,3,14-15H2,1-2H3,(H2,29,30,34). The minimum absolute atomic E-state index is 0.298. The van der Waals surface area contributed by atoms with E-state index in [0.717, 1.165) is 13.0 Å². The topological polar surface area (TPSA) is 70.2 Å². The summed E-state index contributed by atoms with van der Waals surface area (Å²) in [5.74, 6) is -0.708. The van der Waals surface area contributed by atoms with Crippen molar-refractivity contribution < 1.29 is 13.6 Å². The molecular formula is C26H25F2N5O. The van der Waals surface area contributed by atoms with Crippen molar-refractivity contribution in [1.29, 1.82) is 0 Å². The first kappa shape index (κ1) is 23.3. The first-order chi connectivity index (χ1) is 16.4. The maximum atomic E-state index is 13.5. The molecule has 4 rings (SSSR count). The number of nitrogens with one attached hydrogen (secondary N) is 2. The molecule has 0 radical (unpaired) electrons. The summed E-state index contributed by atoms with van der Waals surface area (Å²) in [6.07, 6.45) is 0.844. The number of carbonyl (C=O) groups is 1. The molecule has 4 aromatic rings. The highest BCUT2D eigenvalue weighted by atomic mass is 19.1. The van der Waals surface area contributed by atoms with E-state index >= 15 is 0 Å². The van der Waals surface area contributed by atoms with Gasteiger partial charge >= 0.3 is 6.03 Å². The van der Waals surface area contributed by atoms with Gasteiger partial charge in [-0.25, -0.2) is 23.5 Å². The Morgan fingerprint density at radius 2 is 1.38 bits per heavy atom. The van der Waals surface area contributed by atoms with Crippen molar-refractivity contribution in [2.45, 2.75) is 6.42 Å². The van der Waals surface area contributed by atoms with Gasteiger partial charge in [-0.3, -0.25) is 0 Å². The molecule has 174 valence electrons. The Labute approximate surface area is 196 Å². The number of hydrogen-bond acceptors (Lipinski definition) is 4. The number of nitrogens with zero attached hydrogens (tertiary/aromatic N) is 3. The van der Waals surface area contributed by atoms with Gasteiger partial charge in [0.05, 0.1) is 22.4 Å². The van der Waals surface area contributed by atoms with Crippen molar-refractivity contribution in [2.75, 3.05) is 32.5 Å². The first-order valence-electron chi connectivity index (χ1n) is 10.9. The Kier molecular flexibility index (Phi) is 7.08. The van der Waals surface area contributed by atoms with Gasteiger partial charge in [0.2, 0.25) is 0 Å². The number of rotatable bonds is 7. The lowest BCUT2D eigenvalue weighted by atomic mass is 10.0. The van der Waals surface area contributed by atoms with Gasteiger partial charge < -0.3 is 15.5 Å². The second-order valence-electron chi connectivity index (χ2n) is 8.18. The number of halogens is 2. The third-order valence-electron chi connectivity index (χ3n) is 5.23. The van der Waals surface area contributed by atoms with Crippen molar-refractivity contribution in [3.63, 3.8) is 0 Å². The summed E-state index contributed by atoms with van der Waals surface area (Å²) < 4.78 is 27.0. The van der Waals surface area contributed by atoms with Crippen LogP contribution in [0.4, 0.5) is 19.3 Å². The SMILES string of the molecule is CN(C)CCCNC(=O)Nc1ccc2nc(-c3ccc(F)cc3)c(-c3ccc(F)cc3)nc2c1. The Hall–Kier alpha value is -3.91. The number of anilines is 1. The predicted molar refractivity (Wildman–Crippen MR) is 131 cm³/mol. The normalized spacial score (nSPS) is 11.1. The number of carbonyl (C=O) groups excluding carboxylic acids is 1. The van der Waals surface area contributed by atoms with E-state index in [2.05, 4.69) is 15.5 Å². The Morgan fingerprint density at radius 3 is 1.94 bits per heavy atom. The summed E-state index contributed by atoms with van der Waals surface area (Å²) in [6, 6.07) is 16.9. The second-order valence-corrected chi connectivity index (χ2v) is 8.18. The van der Waals surface area contributed by atoms with E-state index in [1.54, 1.807) is 42.5 Å². The van der Waals surface area contributed by atoms with Crippen LogP contribution in [0.25, 0.3) is 33.5 Å². The summed E-state index contributed by atoms with van der Waals surface area (Å²) in [5, 5.41) is 5.65. The minimum Gasteiger partial charge on any atom is -0.338 e. The van der Waals surface area contributed by atoms with E-state index in [1.165, 1.54) is 24.3 Å². The summed E-state index contributed by atoms with van der Waals surface area (Å²) in [4.78, 5) is 23.8. The van der Waals surface area contributed by atoms with E-state index in [0.29, 0.717) is 45.8 Å². The molecule has 2 N–H and O–H groups in total. The van der Waals surface area contributed by atoms with Gasteiger partial charge in [0, 0.05) is 23.4 Å². The largest absolute Gasteiger partial charge is 0.338 e. The number of urea groups is 1. The zero-order valence-electron chi connectivity index (χ0n) is 19.0. The fraction of sp³-hybridized carbons (Fsp3) is 0.192. The molecule has 8 heteroatoms. The van der Waals surface area contributed by atoms with Crippen LogP contribution in [0.1, 0.15) is 6.42 Å². The van der Waals surface area contributed by atoms with Crippen LogP contribution in [-0.4, -0.2) is 48.1 Å². The summed E-state index contributed by atoms with van der Waals surface area (Å²) >= 11 is 0. The molecule has 2 amide bonds. The zero-order chi connectivity index (χ0) is 24.1. The maximum absolute atomic E-state index is 13.5. The molecule has 6 nitrogen and oxygen atoms in total. The number of hydrogen-bond donors (Lipinski definition) is 2. The van der Waals surface area contributed by atoms with E-state index in [-0.39, 0.29) is 17.7 Å². The van der Waals surface area contributed by atoms with E-state index in [1.807, 2.05) is 14.1 Å². The third kappa shape index (κ3) is 5.71. The van der Waals surface area contributed by atoms with Crippen molar-refractivity contribution in [1.82, 2.24) is 20.2 Å². The Balaban J connectivity index is 1.66. The fourth-order valence-electron chi connectivity index (χ4n) is 3.52. The van der Waals surface area contributed by atoms with Crippen LogP contribution in [-0.2, 0) is 0 Å². The maximum Gasteiger partial charge on any atom is 0.319 e. The highest BCUT2D eigenvalue weighted by Gasteiger charge is 2.14. The molecule has 3 aromatic carbocycles. The fourth-order valence-corrected chi connectivity index (χ4v) is 3.52. The molecule has 0 aliphatic heterocycles. The molecule has 0 aliphatic carbocycles. The third-order valence-corrected chi connectivity index (χ3v) is 5.23. The van der Waals surface area contributed by atoms with Gasteiger partial charge in [-0.05, 0) is 93.8 Å². The second kappa shape index (κ2) is 10.4. The smallest absolute Gasteiger partial charge is 0.319 e. The molecule has 0 atom stereocenters. The molecule has 34 heavy (non-hydrogen) atoms. The molecule has 0 spiro atoms. The average molecular weight is 462 g/mol. The van der Waals surface area contributed by atoms with E-state index < -0.39 is 0 Å². The molecule has 0 unspecified atom stereocenters. The van der Waals surface area contributed by atoms with Gasteiger partial charge in [0.25, 0.3) is 0 Å². The van der Waals surface area contributed by atoms with E-state index in [4.69, 9.17) is 9.97 Å². The van der Waals surface area contributed by atoms with Crippen LogP contribution < -0.4 is 10.6 Å². The zero-order valence-corrected chi connectivity index (χ0v) is 19.0. The van der Waals surface area contributed by atoms with Gasteiger partial charge in [-0.15, -0.1) is 0 Å². The van der Waals surface area contributed by atoms with Crippen molar-refractivity contribution in [2.24, 2.45) is 0 Å². The number of fused-ring (bicyclic) bond motifs is 1. The lowest BCUT2D eigenvalue weighted by Gasteiger charge is -2.13. The first-order valence-corrected chi connectivity index (χ1v) is 10.9. The highest BCUT2D eigenvalue weighted by molar-refractivity contribution is 5.93. The predicted octanol–water partition coefficient (Wildman–Crippen LogP) is 5.32. The molecule has 1 heterocycles. The van der Waals surface area contributed by atoms with Crippen molar-refractivity contribution in [3.8, 4) is 22.5 Å². The van der Waals surface area contributed by atoms with Crippen LogP contribution in [0, 0.1) is 11.6 Å². The summed E-state index contributed by atoms with van der Waals surface area (Å²) in [7, 11) is 3.97. The van der Waals surface area contributed by atoms with Crippen LogP contribution in [0.3, 0.4) is 0 Å². The molecule has 1 aromatic heterocycles. The van der Waals surface area contributed by atoms with Crippen LogP contribution >= 0.6 is 0 Å². The molecule has 0 saturated carbocycles. The van der Waals surface area contributed by atoms with Crippen LogP contribution in [0.15, 0.2) is 66.7 Å². The molecular weight excluding hydrogens is 436 g/mol. The molecule has 0 saturated heterocycles. The van der Waals surface area contributed by atoms with Crippen molar-refractivity contribution >= 4 is 22.8 Å². The number of aromatic nitrogens is 2. The lowest BCUT2D eigenvalue weighted by molar-refractivity contribution is 0.251. The van der Waals surface area contributed by atoms with Gasteiger partial charge in [-0.2, -0.15) is 0 Å². The summed E-state index contributed by atoms with van der Waals surface area (Å²) in [6.45, 7) is 1.45. The van der Waals surface area contributed by atoms with Crippen LogP contribution in [0.2, 0.25) is 0 Å². The molecule has 0 bridgehead atoms. The highest BCUT2D eigenvalue weighted by Crippen LogP contribution is 2.32. The van der Waals surface area contributed by atoms with E-state index in [9.17, 15) is 13.6 Å². The van der Waals surface area contributed by atoms with Crippen LogP contribution in [0.5, 0.6) is 0 Å². The molecule has 0 fully saturated rings. The minimum atomic E-state index is -0.357. The molecule has 0 aliphatic rings. The Morgan fingerprint density at radius 1 is 0.824 bits per heavy atom. The van der Waals surface area contributed by atoms with Crippen molar-refractivity contribution in [3.05, 3.63) is 78.4 Å². The number of benzene rings is 3. The summed E-state index contributed by atoms with van der Waals surface area (Å²) in [5.41, 5.74) is 4.20.